The van der Waals surface area contributed by atoms with Gasteiger partial charge in [-0.1, -0.05) is 13.3 Å². The third-order valence-corrected chi connectivity index (χ3v) is 2.14. The monoisotopic (exact) mass is 142 g/mol. The third kappa shape index (κ3) is 2.01. The Hall–Kier alpha value is -0.530. The van der Waals surface area contributed by atoms with E-state index in [4.69, 9.17) is 4.74 Å². The molecular weight excluding hydrogens is 128 g/mol. The van der Waals surface area contributed by atoms with Gasteiger partial charge >= 0.3 is 0 Å². The van der Waals surface area contributed by atoms with Gasteiger partial charge < -0.3 is 4.74 Å². The van der Waals surface area contributed by atoms with Crippen molar-refractivity contribution in [2.24, 2.45) is 5.92 Å². The Morgan fingerprint density at radius 2 is 2.30 bits per heavy atom. The average molecular weight is 142 g/mol. The Labute approximate surface area is 61.6 Å². The van der Waals surface area contributed by atoms with Gasteiger partial charge in [-0.25, -0.2) is 0 Å². The molecule has 1 aliphatic rings. The molecule has 0 unspecified atom stereocenters. The summed E-state index contributed by atoms with van der Waals surface area (Å²) in [6.07, 6.45) is 4.82. The van der Waals surface area contributed by atoms with E-state index in [0.29, 0.717) is 6.47 Å². The summed E-state index contributed by atoms with van der Waals surface area (Å²) < 4.78 is 4.87. The van der Waals surface area contributed by atoms with Crippen LogP contribution in [0.1, 0.15) is 32.6 Å². The molecule has 0 N–H and O–H groups in total. The minimum absolute atomic E-state index is 0.209. The standard InChI is InChI=1S/C8H14O2/c1-7-3-2-4-8(5-7)10-6-9/h6-8H,2-5H2,1H3/t7-,8+/m1/s1. The first-order chi connectivity index (χ1) is 4.83. The second kappa shape index (κ2) is 3.59. The normalized spacial score (nSPS) is 33.3. The lowest BCUT2D eigenvalue weighted by atomic mass is 9.89. The number of rotatable bonds is 2. The molecule has 0 spiro atoms. The molecule has 1 aliphatic carbocycles. The van der Waals surface area contributed by atoms with Crippen LogP contribution >= 0.6 is 0 Å². The highest BCUT2D eigenvalue weighted by molar-refractivity contribution is 5.37. The van der Waals surface area contributed by atoms with Gasteiger partial charge in [0, 0.05) is 0 Å². The Morgan fingerprint density at radius 1 is 1.50 bits per heavy atom. The summed E-state index contributed by atoms with van der Waals surface area (Å²) in [6, 6.07) is 0. The fourth-order valence-electron chi connectivity index (χ4n) is 1.58. The van der Waals surface area contributed by atoms with Crippen molar-refractivity contribution in [3.63, 3.8) is 0 Å². The topological polar surface area (TPSA) is 26.3 Å². The van der Waals surface area contributed by atoms with Crippen LogP contribution in [0.25, 0.3) is 0 Å². The van der Waals surface area contributed by atoms with Crippen molar-refractivity contribution in [2.45, 2.75) is 38.7 Å². The predicted molar refractivity (Wildman–Crippen MR) is 38.6 cm³/mol. The number of hydrogen-bond acceptors (Lipinski definition) is 2. The molecule has 2 heteroatoms. The zero-order chi connectivity index (χ0) is 7.40. The highest BCUT2D eigenvalue weighted by Crippen LogP contribution is 2.24. The largest absolute Gasteiger partial charge is 0.465 e. The molecule has 0 aromatic heterocycles. The molecule has 0 saturated heterocycles. The van der Waals surface area contributed by atoms with Crippen LogP contribution in [0.5, 0.6) is 0 Å². The van der Waals surface area contributed by atoms with E-state index < -0.39 is 0 Å². The van der Waals surface area contributed by atoms with Crippen LogP contribution in [0, 0.1) is 5.92 Å². The zero-order valence-electron chi connectivity index (χ0n) is 6.38. The van der Waals surface area contributed by atoms with Gasteiger partial charge in [0.15, 0.2) is 0 Å². The highest BCUT2D eigenvalue weighted by Gasteiger charge is 2.18. The van der Waals surface area contributed by atoms with Crippen LogP contribution in [0.4, 0.5) is 0 Å². The van der Waals surface area contributed by atoms with Gasteiger partial charge in [0.25, 0.3) is 6.47 Å². The first kappa shape index (κ1) is 7.58. The first-order valence-electron chi connectivity index (χ1n) is 3.92. The van der Waals surface area contributed by atoms with Gasteiger partial charge in [-0.05, 0) is 25.2 Å². The average Bonchev–Trinajstić information content (AvgIpc) is 1.88. The van der Waals surface area contributed by atoms with E-state index in [9.17, 15) is 4.79 Å². The first-order valence-corrected chi connectivity index (χ1v) is 3.92. The van der Waals surface area contributed by atoms with Crippen LogP contribution in [-0.4, -0.2) is 12.6 Å². The minimum Gasteiger partial charge on any atom is -0.465 e. The van der Waals surface area contributed by atoms with Gasteiger partial charge in [0.05, 0.1) is 0 Å². The molecule has 0 bridgehead atoms. The van der Waals surface area contributed by atoms with E-state index >= 15 is 0 Å². The van der Waals surface area contributed by atoms with Crippen LogP contribution in [-0.2, 0) is 9.53 Å². The minimum atomic E-state index is 0.209. The van der Waals surface area contributed by atoms with Crippen LogP contribution in [0.15, 0.2) is 0 Å². The summed E-state index contributed by atoms with van der Waals surface area (Å²) in [5, 5.41) is 0. The maximum Gasteiger partial charge on any atom is 0.293 e. The van der Waals surface area contributed by atoms with E-state index in [-0.39, 0.29) is 6.10 Å². The van der Waals surface area contributed by atoms with Crippen molar-refractivity contribution in [1.82, 2.24) is 0 Å². The summed E-state index contributed by atoms with van der Waals surface area (Å²) in [4.78, 5) is 9.96. The molecule has 0 aromatic rings. The molecule has 58 valence electrons. The summed E-state index contributed by atoms with van der Waals surface area (Å²) in [5.41, 5.74) is 0. The Balaban J connectivity index is 2.24. The lowest BCUT2D eigenvalue weighted by Gasteiger charge is -2.24. The lowest BCUT2D eigenvalue weighted by Crippen LogP contribution is -2.20. The Morgan fingerprint density at radius 3 is 2.90 bits per heavy atom. The Bertz CT molecular complexity index is 112. The van der Waals surface area contributed by atoms with E-state index in [1.807, 2.05) is 0 Å². The second-order valence-electron chi connectivity index (χ2n) is 3.13. The molecule has 0 aliphatic heterocycles. The third-order valence-electron chi connectivity index (χ3n) is 2.14. The van der Waals surface area contributed by atoms with Crippen LogP contribution in [0.3, 0.4) is 0 Å². The van der Waals surface area contributed by atoms with Gasteiger partial charge in [0.1, 0.15) is 6.10 Å². The number of carbonyl (C=O) groups excluding carboxylic acids is 1. The van der Waals surface area contributed by atoms with Crippen molar-refractivity contribution < 1.29 is 9.53 Å². The zero-order valence-corrected chi connectivity index (χ0v) is 6.38. The van der Waals surface area contributed by atoms with Gasteiger partial charge in [-0.15, -0.1) is 0 Å². The molecule has 1 fully saturated rings. The van der Waals surface area contributed by atoms with Crippen molar-refractivity contribution >= 4 is 6.47 Å². The summed E-state index contributed by atoms with van der Waals surface area (Å²) in [5.74, 6) is 0.735. The highest BCUT2D eigenvalue weighted by atomic mass is 16.5. The predicted octanol–water partition coefficient (Wildman–Crippen LogP) is 1.74. The van der Waals surface area contributed by atoms with Gasteiger partial charge in [-0.2, -0.15) is 0 Å². The van der Waals surface area contributed by atoms with E-state index in [1.54, 1.807) is 0 Å². The molecular formula is C8H14O2. The molecule has 1 rings (SSSR count). The van der Waals surface area contributed by atoms with E-state index in [2.05, 4.69) is 6.92 Å². The van der Waals surface area contributed by atoms with Crippen molar-refractivity contribution in [3.8, 4) is 0 Å². The molecule has 1 saturated carbocycles. The molecule has 2 atom stereocenters. The summed E-state index contributed by atoms with van der Waals surface area (Å²) in [6.45, 7) is 2.78. The molecule has 0 aromatic carbocycles. The molecule has 0 amide bonds. The van der Waals surface area contributed by atoms with E-state index in [1.165, 1.54) is 12.8 Å². The van der Waals surface area contributed by atoms with Crippen LogP contribution < -0.4 is 0 Å². The fraction of sp³-hybridized carbons (Fsp3) is 0.875. The van der Waals surface area contributed by atoms with E-state index in [0.717, 1.165) is 18.8 Å². The second-order valence-corrected chi connectivity index (χ2v) is 3.13. The number of ether oxygens (including phenoxy) is 1. The molecule has 10 heavy (non-hydrogen) atoms. The Kier molecular flexibility index (Phi) is 2.72. The number of hydrogen-bond donors (Lipinski definition) is 0. The van der Waals surface area contributed by atoms with Crippen molar-refractivity contribution in [1.29, 1.82) is 0 Å². The quantitative estimate of drug-likeness (QED) is 0.549. The summed E-state index contributed by atoms with van der Waals surface area (Å²) >= 11 is 0. The fourth-order valence-corrected chi connectivity index (χ4v) is 1.58. The van der Waals surface area contributed by atoms with Crippen molar-refractivity contribution in [2.75, 3.05) is 0 Å². The smallest absolute Gasteiger partial charge is 0.293 e. The van der Waals surface area contributed by atoms with Gasteiger partial charge in [-0.3, -0.25) is 4.79 Å². The number of carbonyl (C=O) groups is 1. The van der Waals surface area contributed by atoms with Crippen molar-refractivity contribution in [3.05, 3.63) is 0 Å². The maximum atomic E-state index is 9.96. The molecule has 0 heterocycles. The maximum absolute atomic E-state index is 9.96. The SMILES string of the molecule is C[C@@H]1CCC[C@H](OC=O)C1. The summed E-state index contributed by atoms with van der Waals surface area (Å²) in [7, 11) is 0. The molecule has 2 nitrogen and oxygen atoms in total. The molecule has 0 radical (unpaired) electrons. The van der Waals surface area contributed by atoms with Crippen LogP contribution in [0.2, 0.25) is 0 Å². The van der Waals surface area contributed by atoms with Gasteiger partial charge in [0.2, 0.25) is 0 Å². The lowest BCUT2D eigenvalue weighted by molar-refractivity contribution is -0.135.